The van der Waals surface area contributed by atoms with Gasteiger partial charge in [-0.2, -0.15) is 0 Å². The lowest BCUT2D eigenvalue weighted by Gasteiger charge is -2.06. The normalized spacial score (nSPS) is 10.5. The van der Waals surface area contributed by atoms with Crippen molar-refractivity contribution in [3.63, 3.8) is 0 Å². The largest absolute Gasteiger partial charge is 0.496 e. The molecule has 2 heterocycles. The Morgan fingerprint density at radius 1 is 1.32 bits per heavy atom. The Morgan fingerprint density at radius 3 is 2.76 bits per heavy atom. The zero-order valence-electron chi connectivity index (χ0n) is 13.2. The van der Waals surface area contributed by atoms with Gasteiger partial charge in [0.1, 0.15) is 15.6 Å². The van der Waals surface area contributed by atoms with Crippen molar-refractivity contribution < 1.29 is 19.2 Å². The fourth-order valence-corrected chi connectivity index (χ4v) is 3.83. The zero-order valence-corrected chi connectivity index (χ0v) is 14.8. The monoisotopic (exact) mass is 376 g/mol. The highest BCUT2D eigenvalue weighted by atomic mass is 32.1. The van der Waals surface area contributed by atoms with Gasteiger partial charge in [0.25, 0.3) is 0 Å². The molecule has 0 aliphatic carbocycles. The molecule has 0 aliphatic heterocycles. The minimum Gasteiger partial charge on any atom is -0.496 e. The van der Waals surface area contributed by atoms with Crippen molar-refractivity contribution in [3.05, 3.63) is 56.4 Å². The zero-order chi connectivity index (χ0) is 18.0. The molecular weight excluding hydrogens is 364 g/mol. The summed E-state index contributed by atoms with van der Waals surface area (Å²) in [6, 6.07) is 7.85. The summed E-state index contributed by atoms with van der Waals surface area (Å²) in [5.74, 6) is -0.507. The van der Waals surface area contributed by atoms with E-state index in [0.29, 0.717) is 21.3 Å². The number of nitrogens with zero attached hydrogens (tertiary/aromatic N) is 2. The Hall–Kier alpha value is -2.78. The molecule has 7 nitrogen and oxygen atoms in total. The number of aromatic nitrogens is 1. The van der Waals surface area contributed by atoms with Crippen LogP contribution in [-0.2, 0) is 0 Å². The number of carbonyl (C=O) groups is 1. The Labute approximate surface area is 150 Å². The molecule has 1 aromatic carbocycles. The van der Waals surface area contributed by atoms with Crippen molar-refractivity contribution in [3.8, 4) is 21.4 Å². The molecular formula is C16H12N2O5S2. The smallest absolute Gasteiger partial charge is 0.355 e. The van der Waals surface area contributed by atoms with Gasteiger partial charge in [0.05, 0.1) is 28.7 Å². The molecule has 2 aromatic heterocycles. The fraction of sp³-hybridized carbons (Fsp3) is 0.125. The molecule has 0 fully saturated rings. The second-order valence-electron chi connectivity index (χ2n) is 4.89. The molecule has 0 aliphatic rings. The SMILES string of the molecule is COc1ccc(OC(=O)c2sc(-c3cccs3)nc2C)c([N+](=O)[O-])c1. The summed E-state index contributed by atoms with van der Waals surface area (Å²) < 4.78 is 10.2. The molecule has 25 heavy (non-hydrogen) atoms. The molecule has 0 radical (unpaired) electrons. The molecule has 9 heteroatoms. The van der Waals surface area contributed by atoms with Crippen LogP contribution in [0.5, 0.6) is 11.5 Å². The van der Waals surface area contributed by atoms with Gasteiger partial charge < -0.3 is 9.47 Å². The molecule has 0 saturated heterocycles. The number of aryl methyl sites for hydroxylation is 1. The number of carbonyl (C=O) groups excluding carboxylic acids is 1. The first-order valence-electron chi connectivity index (χ1n) is 7.05. The Kier molecular flexibility index (Phi) is 4.77. The third kappa shape index (κ3) is 3.52. The predicted molar refractivity (Wildman–Crippen MR) is 94.8 cm³/mol. The van der Waals surface area contributed by atoms with Gasteiger partial charge >= 0.3 is 11.7 Å². The van der Waals surface area contributed by atoms with E-state index in [2.05, 4.69) is 4.98 Å². The lowest BCUT2D eigenvalue weighted by Crippen LogP contribution is -2.09. The number of benzene rings is 1. The van der Waals surface area contributed by atoms with Gasteiger partial charge in [0.2, 0.25) is 5.75 Å². The predicted octanol–water partition coefficient (Wildman–Crippen LogP) is 4.32. The summed E-state index contributed by atoms with van der Waals surface area (Å²) in [6.07, 6.45) is 0. The maximum absolute atomic E-state index is 12.4. The minimum atomic E-state index is -0.675. The average Bonchev–Trinajstić information content (AvgIpc) is 3.24. The summed E-state index contributed by atoms with van der Waals surface area (Å²) in [4.78, 5) is 28.6. The number of esters is 1. The first kappa shape index (κ1) is 17.1. The number of thiazole rings is 1. The molecule has 0 saturated carbocycles. The van der Waals surface area contributed by atoms with Crippen molar-refractivity contribution in [2.45, 2.75) is 6.92 Å². The number of hydrogen-bond acceptors (Lipinski definition) is 8. The lowest BCUT2D eigenvalue weighted by atomic mass is 10.3. The van der Waals surface area contributed by atoms with Crippen LogP contribution in [0.4, 0.5) is 5.69 Å². The Balaban J connectivity index is 1.89. The maximum Gasteiger partial charge on any atom is 0.355 e. The number of nitro groups is 1. The topological polar surface area (TPSA) is 91.6 Å². The van der Waals surface area contributed by atoms with Crippen LogP contribution in [0.3, 0.4) is 0 Å². The quantitative estimate of drug-likeness (QED) is 0.285. The molecule has 0 unspecified atom stereocenters. The minimum absolute atomic E-state index is 0.138. The van der Waals surface area contributed by atoms with E-state index in [1.807, 2.05) is 17.5 Å². The number of nitro benzene ring substituents is 1. The molecule has 128 valence electrons. The third-order valence-electron chi connectivity index (χ3n) is 3.28. The molecule has 0 bridgehead atoms. The first-order chi connectivity index (χ1) is 12.0. The van der Waals surface area contributed by atoms with E-state index < -0.39 is 10.9 Å². The van der Waals surface area contributed by atoms with Gasteiger partial charge in [-0.25, -0.2) is 9.78 Å². The van der Waals surface area contributed by atoms with Crippen LogP contribution < -0.4 is 9.47 Å². The summed E-state index contributed by atoms with van der Waals surface area (Å²) in [5, 5.41) is 13.8. The van der Waals surface area contributed by atoms with Gasteiger partial charge in [0, 0.05) is 0 Å². The lowest BCUT2D eigenvalue weighted by molar-refractivity contribution is -0.385. The molecule has 0 spiro atoms. The van der Waals surface area contributed by atoms with Crippen molar-refractivity contribution >= 4 is 34.3 Å². The summed E-state index contributed by atoms with van der Waals surface area (Å²) >= 11 is 2.71. The van der Waals surface area contributed by atoms with Crippen molar-refractivity contribution in [1.82, 2.24) is 4.98 Å². The number of rotatable bonds is 5. The van der Waals surface area contributed by atoms with Gasteiger partial charge in [-0.05, 0) is 30.5 Å². The van der Waals surface area contributed by atoms with Crippen LogP contribution >= 0.6 is 22.7 Å². The van der Waals surface area contributed by atoms with Crippen molar-refractivity contribution in [2.75, 3.05) is 7.11 Å². The molecule has 0 N–H and O–H groups in total. The summed E-state index contributed by atoms with van der Waals surface area (Å²) in [6.45, 7) is 1.70. The fourth-order valence-electron chi connectivity index (χ4n) is 2.09. The van der Waals surface area contributed by atoms with E-state index in [4.69, 9.17) is 9.47 Å². The average molecular weight is 376 g/mol. The van der Waals surface area contributed by atoms with Gasteiger partial charge in [-0.1, -0.05) is 6.07 Å². The standard InChI is InChI=1S/C16H12N2O5S2/c1-9-14(25-15(17-9)13-4-3-7-24-13)16(19)23-12-6-5-10(22-2)8-11(12)18(20)21/h3-8H,1-2H3. The van der Waals surface area contributed by atoms with Crippen LogP contribution in [-0.4, -0.2) is 23.0 Å². The molecule has 3 aromatic rings. The van der Waals surface area contributed by atoms with Crippen molar-refractivity contribution in [2.24, 2.45) is 0 Å². The van der Waals surface area contributed by atoms with E-state index in [0.717, 1.165) is 4.88 Å². The van der Waals surface area contributed by atoms with Gasteiger partial charge in [0.15, 0.2) is 0 Å². The number of methoxy groups -OCH3 is 1. The van der Waals surface area contributed by atoms with E-state index in [1.165, 1.54) is 48.0 Å². The van der Waals surface area contributed by atoms with Crippen LogP contribution in [0.1, 0.15) is 15.4 Å². The molecule has 0 amide bonds. The van der Waals surface area contributed by atoms with Crippen LogP contribution in [0.15, 0.2) is 35.7 Å². The van der Waals surface area contributed by atoms with Crippen LogP contribution in [0.25, 0.3) is 9.88 Å². The Morgan fingerprint density at radius 2 is 2.12 bits per heavy atom. The van der Waals surface area contributed by atoms with Gasteiger partial charge in [-0.3, -0.25) is 10.1 Å². The third-order valence-corrected chi connectivity index (χ3v) is 5.46. The highest BCUT2D eigenvalue weighted by Gasteiger charge is 2.23. The summed E-state index contributed by atoms with van der Waals surface area (Å²) in [7, 11) is 1.40. The van der Waals surface area contributed by atoms with Crippen molar-refractivity contribution in [1.29, 1.82) is 0 Å². The maximum atomic E-state index is 12.4. The number of ether oxygens (including phenoxy) is 2. The van der Waals surface area contributed by atoms with E-state index in [1.54, 1.807) is 6.92 Å². The summed E-state index contributed by atoms with van der Waals surface area (Å²) in [5.41, 5.74) is 0.183. The first-order valence-corrected chi connectivity index (χ1v) is 8.75. The number of thiophene rings is 1. The highest BCUT2D eigenvalue weighted by Crippen LogP contribution is 2.34. The number of hydrogen-bond donors (Lipinski definition) is 0. The second-order valence-corrected chi connectivity index (χ2v) is 6.84. The second kappa shape index (κ2) is 6.99. The van der Waals surface area contributed by atoms with E-state index >= 15 is 0 Å². The van der Waals surface area contributed by atoms with Gasteiger partial charge in [-0.15, -0.1) is 22.7 Å². The van der Waals surface area contributed by atoms with Crippen LogP contribution in [0, 0.1) is 17.0 Å². The molecule has 0 atom stereocenters. The Bertz CT molecular complexity index is 934. The highest BCUT2D eigenvalue weighted by molar-refractivity contribution is 7.22. The van der Waals surface area contributed by atoms with E-state index in [-0.39, 0.29) is 11.4 Å². The molecule has 3 rings (SSSR count). The van der Waals surface area contributed by atoms with E-state index in [9.17, 15) is 14.9 Å². The van der Waals surface area contributed by atoms with Crippen LogP contribution in [0.2, 0.25) is 0 Å².